The van der Waals surface area contributed by atoms with Crippen LogP contribution in [0, 0.1) is 6.92 Å². The summed E-state index contributed by atoms with van der Waals surface area (Å²) in [5, 5.41) is 6.58. The second-order valence-corrected chi connectivity index (χ2v) is 4.54. The van der Waals surface area contributed by atoms with Crippen molar-refractivity contribution in [3.63, 3.8) is 0 Å². The van der Waals surface area contributed by atoms with Gasteiger partial charge in [-0.2, -0.15) is 0 Å². The smallest absolute Gasteiger partial charge is 0.134 e. The minimum Gasteiger partial charge on any atom is -0.370 e. The van der Waals surface area contributed by atoms with E-state index in [0.717, 1.165) is 35.9 Å². The van der Waals surface area contributed by atoms with Gasteiger partial charge in [0.15, 0.2) is 0 Å². The van der Waals surface area contributed by atoms with Crippen molar-refractivity contribution in [1.29, 1.82) is 0 Å². The van der Waals surface area contributed by atoms with Crippen LogP contribution in [0.3, 0.4) is 0 Å². The molecule has 2 aromatic heterocycles. The van der Waals surface area contributed by atoms with Crippen LogP contribution < -0.4 is 10.6 Å². The number of aryl methyl sites for hydroxylation is 1. The summed E-state index contributed by atoms with van der Waals surface area (Å²) in [4.78, 5) is 13.0. The molecule has 0 fully saturated rings. The first kappa shape index (κ1) is 14.2. The van der Waals surface area contributed by atoms with Crippen LogP contribution in [0.5, 0.6) is 0 Å². The molecule has 2 aromatic rings. The van der Waals surface area contributed by atoms with Crippen molar-refractivity contribution < 1.29 is 0 Å². The molecule has 106 valence electrons. The van der Waals surface area contributed by atoms with E-state index in [9.17, 15) is 0 Å². The fourth-order valence-corrected chi connectivity index (χ4v) is 2.09. The first-order valence-electron chi connectivity index (χ1n) is 6.98. The number of nitrogens with one attached hydrogen (secondary N) is 2. The first-order valence-corrected chi connectivity index (χ1v) is 6.98. The van der Waals surface area contributed by atoms with Gasteiger partial charge in [0.05, 0.1) is 12.2 Å². The molecule has 0 aliphatic heterocycles. The quantitative estimate of drug-likeness (QED) is 0.846. The van der Waals surface area contributed by atoms with Gasteiger partial charge in [0.1, 0.15) is 18.0 Å². The van der Waals surface area contributed by atoms with Gasteiger partial charge < -0.3 is 10.6 Å². The molecule has 5 heteroatoms. The molecule has 20 heavy (non-hydrogen) atoms. The molecule has 0 unspecified atom stereocenters. The van der Waals surface area contributed by atoms with E-state index in [1.54, 1.807) is 6.33 Å². The SMILES string of the molecule is CCNc1ncnc(NCc2ncccc2CC)c1C. The Labute approximate surface area is 119 Å². The fraction of sp³-hybridized carbons (Fsp3) is 0.400. The number of nitrogens with zero attached hydrogens (tertiary/aromatic N) is 3. The van der Waals surface area contributed by atoms with Crippen LogP contribution in [0.15, 0.2) is 24.7 Å². The Morgan fingerprint density at radius 2 is 1.80 bits per heavy atom. The van der Waals surface area contributed by atoms with E-state index in [0.29, 0.717) is 6.54 Å². The Hall–Kier alpha value is -2.17. The van der Waals surface area contributed by atoms with Gasteiger partial charge in [-0.3, -0.25) is 4.98 Å². The summed E-state index contributed by atoms with van der Waals surface area (Å²) in [5.41, 5.74) is 3.36. The van der Waals surface area contributed by atoms with Crippen molar-refractivity contribution in [1.82, 2.24) is 15.0 Å². The number of aromatic nitrogens is 3. The first-order chi connectivity index (χ1) is 9.76. The van der Waals surface area contributed by atoms with Gasteiger partial charge in [0.2, 0.25) is 0 Å². The van der Waals surface area contributed by atoms with Gasteiger partial charge in [-0.25, -0.2) is 9.97 Å². The lowest BCUT2D eigenvalue weighted by atomic mass is 10.1. The third kappa shape index (κ3) is 3.23. The van der Waals surface area contributed by atoms with Crippen LogP contribution in [-0.4, -0.2) is 21.5 Å². The van der Waals surface area contributed by atoms with E-state index < -0.39 is 0 Å². The maximum atomic E-state index is 4.43. The summed E-state index contributed by atoms with van der Waals surface area (Å²) in [6.07, 6.45) is 4.38. The Bertz CT molecular complexity index is 568. The number of hydrogen-bond acceptors (Lipinski definition) is 5. The maximum absolute atomic E-state index is 4.43. The van der Waals surface area contributed by atoms with Crippen LogP contribution in [-0.2, 0) is 13.0 Å². The summed E-state index contributed by atoms with van der Waals surface area (Å²) in [6.45, 7) is 7.72. The summed E-state index contributed by atoms with van der Waals surface area (Å²) in [6, 6.07) is 4.09. The van der Waals surface area contributed by atoms with E-state index in [4.69, 9.17) is 0 Å². The van der Waals surface area contributed by atoms with Gasteiger partial charge in [-0.05, 0) is 31.9 Å². The molecule has 5 nitrogen and oxygen atoms in total. The zero-order valence-electron chi connectivity index (χ0n) is 12.3. The molecule has 0 aliphatic rings. The lowest BCUT2D eigenvalue weighted by molar-refractivity contribution is 0.956. The number of pyridine rings is 1. The molecule has 2 N–H and O–H groups in total. The summed E-state index contributed by atoms with van der Waals surface area (Å²) in [5.74, 6) is 1.73. The lowest BCUT2D eigenvalue weighted by Gasteiger charge is -2.13. The Morgan fingerprint density at radius 3 is 2.50 bits per heavy atom. The standard InChI is InChI=1S/C15H21N5/c1-4-12-7-6-8-17-13(12)9-18-15-11(3)14(16-5-2)19-10-20-15/h6-8,10H,4-5,9H2,1-3H3,(H2,16,18,19,20). The molecule has 0 aliphatic carbocycles. The highest BCUT2D eigenvalue weighted by atomic mass is 15.1. The summed E-state index contributed by atoms with van der Waals surface area (Å²) >= 11 is 0. The third-order valence-corrected chi connectivity index (χ3v) is 3.22. The Morgan fingerprint density at radius 1 is 1.05 bits per heavy atom. The maximum Gasteiger partial charge on any atom is 0.134 e. The van der Waals surface area contributed by atoms with Gasteiger partial charge in [0.25, 0.3) is 0 Å². The lowest BCUT2D eigenvalue weighted by Crippen LogP contribution is -2.10. The number of anilines is 2. The van der Waals surface area contributed by atoms with Crippen molar-refractivity contribution in [2.24, 2.45) is 0 Å². The molecule has 0 radical (unpaired) electrons. The predicted octanol–water partition coefficient (Wildman–Crippen LogP) is 2.79. The van der Waals surface area contributed by atoms with Gasteiger partial charge in [-0.1, -0.05) is 13.0 Å². The van der Waals surface area contributed by atoms with Crippen molar-refractivity contribution >= 4 is 11.6 Å². The summed E-state index contributed by atoms with van der Waals surface area (Å²) in [7, 11) is 0. The van der Waals surface area contributed by atoms with Crippen molar-refractivity contribution in [2.45, 2.75) is 33.7 Å². The topological polar surface area (TPSA) is 62.7 Å². The largest absolute Gasteiger partial charge is 0.370 e. The van der Waals surface area contributed by atoms with E-state index in [1.165, 1.54) is 5.56 Å². The normalized spacial score (nSPS) is 10.3. The minimum absolute atomic E-state index is 0.674. The molecule has 0 amide bonds. The van der Waals surface area contributed by atoms with E-state index >= 15 is 0 Å². The van der Waals surface area contributed by atoms with Crippen LogP contribution in [0.4, 0.5) is 11.6 Å². The zero-order valence-corrected chi connectivity index (χ0v) is 12.3. The molecule has 2 heterocycles. The predicted molar refractivity (Wildman–Crippen MR) is 81.9 cm³/mol. The molecule has 0 atom stereocenters. The number of rotatable bonds is 6. The van der Waals surface area contributed by atoms with E-state index in [2.05, 4.69) is 45.5 Å². The zero-order chi connectivity index (χ0) is 14.4. The Kier molecular flexibility index (Phi) is 4.87. The Balaban J connectivity index is 2.13. The van der Waals surface area contributed by atoms with Crippen LogP contribution >= 0.6 is 0 Å². The molecular weight excluding hydrogens is 250 g/mol. The monoisotopic (exact) mass is 271 g/mol. The van der Waals surface area contributed by atoms with Gasteiger partial charge in [0, 0.05) is 18.3 Å². The highest BCUT2D eigenvalue weighted by Crippen LogP contribution is 2.19. The second-order valence-electron chi connectivity index (χ2n) is 4.54. The van der Waals surface area contributed by atoms with Crippen molar-refractivity contribution in [2.75, 3.05) is 17.2 Å². The minimum atomic E-state index is 0.674. The molecular formula is C15H21N5. The average Bonchev–Trinajstić information content (AvgIpc) is 2.48. The third-order valence-electron chi connectivity index (χ3n) is 3.22. The average molecular weight is 271 g/mol. The van der Waals surface area contributed by atoms with Gasteiger partial charge in [-0.15, -0.1) is 0 Å². The summed E-state index contributed by atoms with van der Waals surface area (Å²) < 4.78 is 0. The highest BCUT2D eigenvalue weighted by molar-refractivity contribution is 5.56. The highest BCUT2D eigenvalue weighted by Gasteiger charge is 2.07. The fourth-order valence-electron chi connectivity index (χ4n) is 2.09. The number of hydrogen-bond donors (Lipinski definition) is 2. The van der Waals surface area contributed by atoms with Crippen LogP contribution in [0.1, 0.15) is 30.7 Å². The molecule has 0 bridgehead atoms. The molecule has 0 spiro atoms. The molecule has 2 rings (SSSR count). The molecule has 0 saturated heterocycles. The van der Waals surface area contributed by atoms with Crippen LogP contribution in [0.2, 0.25) is 0 Å². The van der Waals surface area contributed by atoms with Crippen molar-refractivity contribution in [3.8, 4) is 0 Å². The second kappa shape index (κ2) is 6.84. The molecule has 0 saturated carbocycles. The van der Waals surface area contributed by atoms with E-state index in [-0.39, 0.29) is 0 Å². The van der Waals surface area contributed by atoms with Crippen molar-refractivity contribution in [3.05, 3.63) is 41.5 Å². The van der Waals surface area contributed by atoms with Gasteiger partial charge >= 0.3 is 0 Å². The molecule has 0 aromatic carbocycles. The van der Waals surface area contributed by atoms with E-state index in [1.807, 2.05) is 19.2 Å². The van der Waals surface area contributed by atoms with Crippen LogP contribution in [0.25, 0.3) is 0 Å².